The molecule has 0 bridgehead atoms. The summed E-state index contributed by atoms with van der Waals surface area (Å²) < 4.78 is 0. The normalized spacial score (nSPS) is 9.33. The highest BCUT2D eigenvalue weighted by molar-refractivity contribution is 5.94. The van der Waals surface area contributed by atoms with Crippen molar-refractivity contribution in [3.05, 3.63) is 55.6 Å². The fourth-order valence-electron chi connectivity index (χ4n) is 1.01. The molecule has 10 heteroatoms. The molecular formula is C8H4N2O8. The quantitative estimate of drug-likeness (QED) is 0.556. The van der Waals surface area contributed by atoms with E-state index in [-0.39, 0.29) is 11.1 Å². The maximum atomic E-state index is 11.1. The van der Waals surface area contributed by atoms with Crippen LogP contribution in [0.3, 0.4) is 0 Å². The molecule has 0 aliphatic heterocycles. The van der Waals surface area contributed by atoms with Crippen LogP contribution in [0.25, 0.3) is 0 Å². The van der Waals surface area contributed by atoms with Gasteiger partial charge in [0.1, 0.15) is 0 Å². The lowest BCUT2D eigenvalue weighted by molar-refractivity contribution is -0.727. The molecule has 0 aliphatic carbocycles. The first-order chi connectivity index (χ1) is 8.40. The highest BCUT2D eigenvalue weighted by Gasteiger charge is 2.15. The summed E-state index contributed by atoms with van der Waals surface area (Å²) in [6.45, 7) is 0. The molecule has 1 aromatic carbocycles. The Morgan fingerprint density at radius 3 is 1.67 bits per heavy atom. The predicted molar refractivity (Wildman–Crippen MR) is 51.3 cm³/mol. The van der Waals surface area contributed by atoms with Gasteiger partial charge in [-0.2, -0.15) is 0 Å². The fraction of sp³-hybridized carbons (Fsp3) is 0. The van der Waals surface area contributed by atoms with Gasteiger partial charge in [0, 0.05) is 11.1 Å². The van der Waals surface area contributed by atoms with Crippen LogP contribution >= 0.6 is 0 Å². The van der Waals surface area contributed by atoms with Crippen molar-refractivity contribution >= 4 is 11.9 Å². The van der Waals surface area contributed by atoms with Gasteiger partial charge in [-0.3, -0.25) is 9.59 Å². The number of rotatable bonds is 4. The van der Waals surface area contributed by atoms with Crippen LogP contribution in [0.1, 0.15) is 20.7 Å². The minimum absolute atomic E-state index is 0.315. The van der Waals surface area contributed by atoms with E-state index in [0.29, 0.717) is 0 Å². The zero-order chi connectivity index (χ0) is 13.7. The van der Waals surface area contributed by atoms with Gasteiger partial charge in [0.15, 0.2) is 0 Å². The number of hydrogen-bond donors (Lipinski definition) is 0. The number of nitrogens with zero attached hydrogens (tertiary/aromatic N) is 2. The molecule has 18 heavy (non-hydrogen) atoms. The van der Waals surface area contributed by atoms with E-state index >= 15 is 0 Å². The van der Waals surface area contributed by atoms with E-state index in [1.54, 1.807) is 0 Å². The molecule has 0 saturated carbocycles. The summed E-state index contributed by atoms with van der Waals surface area (Å²) in [5, 5.41) is 17.2. The summed E-state index contributed by atoms with van der Waals surface area (Å²) in [4.78, 5) is 49.4. The second-order valence-electron chi connectivity index (χ2n) is 2.79. The highest BCUT2D eigenvalue weighted by atomic mass is 17.0. The zero-order valence-electron chi connectivity index (χ0n) is 8.47. The summed E-state index contributed by atoms with van der Waals surface area (Å²) in [5.41, 5.74) is -0.631. The third-order valence-electron chi connectivity index (χ3n) is 1.65. The van der Waals surface area contributed by atoms with Crippen molar-refractivity contribution in [1.82, 2.24) is 0 Å². The Hall–Kier alpha value is -3.04. The summed E-state index contributed by atoms with van der Waals surface area (Å²) >= 11 is 0. The van der Waals surface area contributed by atoms with E-state index in [1.807, 2.05) is 0 Å². The zero-order valence-corrected chi connectivity index (χ0v) is 8.47. The minimum atomic E-state index is -1.32. The molecule has 1 aromatic rings. The third kappa shape index (κ3) is 3.52. The Morgan fingerprint density at radius 1 is 0.944 bits per heavy atom. The van der Waals surface area contributed by atoms with Crippen LogP contribution in [0, 0.1) is 20.2 Å². The molecular weight excluding hydrogens is 252 g/mol. The highest BCUT2D eigenvalue weighted by Crippen LogP contribution is 2.08. The average molecular weight is 256 g/mol. The molecule has 0 N–H and O–H groups in total. The smallest absolute Gasteiger partial charge is 0.263 e. The van der Waals surface area contributed by atoms with Crippen molar-refractivity contribution in [3.63, 3.8) is 0 Å². The number of benzene rings is 1. The van der Waals surface area contributed by atoms with Gasteiger partial charge in [-0.25, -0.2) is 9.68 Å². The lowest BCUT2D eigenvalue weighted by Crippen LogP contribution is -2.13. The van der Waals surface area contributed by atoms with Crippen LogP contribution in [0.2, 0.25) is 0 Å². The van der Waals surface area contributed by atoms with Crippen molar-refractivity contribution in [3.8, 4) is 0 Å². The summed E-state index contributed by atoms with van der Waals surface area (Å²) in [6.07, 6.45) is 0. The molecule has 0 atom stereocenters. The molecule has 94 valence electrons. The second kappa shape index (κ2) is 5.34. The first-order valence-electron chi connectivity index (χ1n) is 4.23. The Bertz CT molecular complexity index is 482. The van der Waals surface area contributed by atoms with E-state index in [2.05, 4.69) is 9.68 Å². The van der Waals surface area contributed by atoms with Crippen LogP contribution in [0.4, 0.5) is 0 Å². The summed E-state index contributed by atoms with van der Waals surface area (Å²) in [7, 11) is 0. The monoisotopic (exact) mass is 256 g/mol. The minimum Gasteiger partial charge on any atom is -0.263 e. The number of hydrogen-bond acceptors (Lipinski definition) is 8. The van der Waals surface area contributed by atoms with Crippen LogP contribution in [0.5, 0.6) is 0 Å². The van der Waals surface area contributed by atoms with Crippen LogP contribution in [-0.2, 0) is 9.68 Å². The molecule has 10 nitrogen and oxygen atoms in total. The Morgan fingerprint density at radius 2 is 1.33 bits per heavy atom. The van der Waals surface area contributed by atoms with Gasteiger partial charge in [0.05, 0.1) is 0 Å². The van der Waals surface area contributed by atoms with E-state index in [1.165, 1.54) is 6.07 Å². The molecule has 1 rings (SSSR count). The van der Waals surface area contributed by atoms with E-state index < -0.39 is 22.1 Å². The molecule has 0 heterocycles. The lowest BCUT2D eigenvalue weighted by atomic mass is 10.1. The maximum Gasteiger partial charge on any atom is 0.334 e. The Labute approximate surface area is 97.9 Å². The van der Waals surface area contributed by atoms with E-state index in [4.69, 9.17) is 0 Å². The van der Waals surface area contributed by atoms with Crippen molar-refractivity contribution in [2.75, 3.05) is 0 Å². The van der Waals surface area contributed by atoms with Gasteiger partial charge in [0.2, 0.25) is 0 Å². The third-order valence-corrected chi connectivity index (χ3v) is 1.65. The van der Waals surface area contributed by atoms with Gasteiger partial charge in [-0.1, -0.05) is 6.07 Å². The molecule has 0 fully saturated rings. The van der Waals surface area contributed by atoms with Crippen molar-refractivity contribution in [1.29, 1.82) is 0 Å². The Kier molecular flexibility index (Phi) is 3.86. The predicted octanol–water partition coefficient (Wildman–Crippen LogP) is 0.384. The molecule has 0 saturated heterocycles. The average Bonchev–Trinajstić information content (AvgIpc) is 2.27. The molecule has 0 aliphatic rings. The second-order valence-corrected chi connectivity index (χ2v) is 2.79. The van der Waals surface area contributed by atoms with Crippen LogP contribution in [-0.4, -0.2) is 22.1 Å². The summed E-state index contributed by atoms with van der Waals surface area (Å²) in [6, 6.07) is 4.33. The molecule has 0 unspecified atom stereocenters. The SMILES string of the molecule is O=C(O[N+](=O)[O-])c1cccc(C(=O)O[N+](=O)[O-])c1. The van der Waals surface area contributed by atoms with E-state index in [9.17, 15) is 29.8 Å². The van der Waals surface area contributed by atoms with Gasteiger partial charge in [-0.05, 0) is 18.2 Å². The number of carbonyl (C=O) groups is 2. The largest absolute Gasteiger partial charge is 0.334 e. The lowest BCUT2D eigenvalue weighted by Gasteiger charge is -2.01. The molecule has 0 radical (unpaired) electrons. The fourth-order valence-corrected chi connectivity index (χ4v) is 1.01. The van der Waals surface area contributed by atoms with Crippen molar-refractivity contribution in [2.24, 2.45) is 0 Å². The van der Waals surface area contributed by atoms with Crippen molar-refractivity contribution in [2.45, 2.75) is 0 Å². The molecule has 0 aromatic heterocycles. The number of carbonyl (C=O) groups excluding carboxylic acids is 2. The van der Waals surface area contributed by atoms with Crippen LogP contribution < -0.4 is 0 Å². The molecule has 0 spiro atoms. The first kappa shape index (κ1) is 13.0. The van der Waals surface area contributed by atoms with Gasteiger partial charge in [0.25, 0.3) is 0 Å². The van der Waals surface area contributed by atoms with Gasteiger partial charge >= 0.3 is 22.1 Å². The van der Waals surface area contributed by atoms with Crippen LogP contribution in [0.15, 0.2) is 24.3 Å². The first-order valence-corrected chi connectivity index (χ1v) is 4.23. The maximum absolute atomic E-state index is 11.1. The topological polar surface area (TPSA) is 139 Å². The Balaban J connectivity index is 2.92. The molecule has 0 amide bonds. The van der Waals surface area contributed by atoms with Gasteiger partial charge < -0.3 is 0 Å². The standard InChI is InChI=1S/C8H4N2O8/c11-7(17-9(13)14)5-2-1-3-6(4-5)8(12)18-10(15)16/h1-4H. The van der Waals surface area contributed by atoms with Gasteiger partial charge in [-0.15, -0.1) is 20.2 Å². The van der Waals surface area contributed by atoms with E-state index in [0.717, 1.165) is 18.2 Å². The summed E-state index contributed by atoms with van der Waals surface area (Å²) in [5.74, 6) is -2.62. The van der Waals surface area contributed by atoms with Crippen molar-refractivity contribution < 1.29 is 29.4 Å².